The standard InChI is InChI=1S/C18H22N4O3/c1-12-6-2-4-8-14(12)20-18(25)21-17(24)11-22-15-9-5-3-7-13(15)16(23)10-19-22/h3,5,7,9-10,12,14H,2,4,6,8,11H2,1H3,(H2,20,21,24,25)/t12-,14+/m1/s1. The second kappa shape index (κ2) is 7.46. The largest absolute Gasteiger partial charge is 0.335 e. The summed E-state index contributed by atoms with van der Waals surface area (Å²) in [4.78, 5) is 36.0. The topological polar surface area (TPSA) is 93.1 Å². The second-order valence-electron chi connectivity index (χ2n) is 6.57. The molecule has 25 heavy (non-hydrogen) atoms. The fourth-order valence-electron chi connectivity index (χ4n) is 3.32. The Morgan fingerprint density at radius 1 is 1.24 bits per heavy atom. The molecule has 0 aliphatic heterocycles. The molecule has 3 rings (SSSR count). The van der Waals surface area contributed by atoms with E-state index in [-0.39, 0.29) is 18.0 Å². The minimum atomic E-state index is -0.478. The Hall–Kier alpha value is -2.70. The lowest BCUT2D eigenvalue weighted by atomic mass is 9.86. The van der Waals surface area contributed by atoms with Crippen molar-refractivity contribution in [3.63, 3.8) is 0 Å². The van der Waals surface area contributed by atoms with Gasteiger partial charge in [0.1, 0.15) is 6.54 Å². The molecule has 2 N–H and O–H groups in total. The molecule has 0 saturated heterocycles. The van der Waals surface area contributed by atoms with E-state index in [0.29, 0.717) is 16.8 Å². The van der Waals surface area contributed by atoms with Crippen molar-refractivity contribution in [1.29, 1.82) is 0 Å². The van der Waals surface area contributed by atoms with E-state index in [1.165, 1.54) is 17.3 Å². The number of amides is 3. The smallest absolute Gasteiger partial charge is 0.321 e. The molecule has 1 aromatic heterocycles. The molecule has 3 amide bonds. The fourth-order valence-corrected chi connectivity index (χ4v) is 3.32. The highest BCUT2D eigenvalue weighted by Crippen LogP contribution is 2.23. The van der Waals surface area contributed by atoms with Crippen LogP contribution in [0.25, 0.3) is 10.9 Å². The Morgan fingerprint density at radius 2 is 2.00 bits per heavy atom. The molecule has 1 fully saturated rings. The van der Waals surface area contributed by atoms with Gasteiger partial charge in [-0.1, -0.05) is 31.9 Å². The number of hydrogen-bond acceptors (Lipinski definition) is 4. The van der Waals surface area contributed by atoms with Crippen LogP contribution in [0.3, 0.4) is 0 Å². The van der Waals surface area contributed by atoms with Crippen molar-refractivity contribution in [3.05, 3.63) is 40.7 Å². The number of aromatic nitrogens is 2. The maximum absolute atomic E-state index is 12.2. The van der Waals surface area contributed by atoms with Crippen molar-refractivity contribution >= 4 is 22.8 Å². The van der Waals surface area contributed by atoms with Gasteiger partial charge in [-0.25, -0.2) is 4.79 Å². The van der Waals surface area contributed by atoms with E-state index >= 15 is 0 Å². The van der Waals surface area contributed by atoms with E-state index in [1.54, 1.807) is 24.3 Å². The lowest BCUT2D eigenvalue weighted by Gasteiger charge is -2.29. The highest BCUT2D eigenvalue weighted by Gasteiger charge is 2.23. The number of nitrogens with zero attached hydrogens (tertiary/aromatic N) is 2. The van der Waals surface area contributed by atoms with Gasteiger partial charge < -0.3 is 5.32 Å². The third-order valence-electron chi connectivity index (χ3n) is 4.74. The molecule has 0 unspecified atom stereocenters. The Bertz CT molecular complexity index is 846. The van der Waals surface area contributed by atoms with Crippen LogP contribution < -0.4 is 16.1 Å². The van der Waals surface area contributed by atoms with E-state index in [2.05, 4.69) is 22.7 Å². The van der Waals surface area contributed by atoms with Crippen molar-refractivity contribution in [2.75, 3.05) is 0 Å². The van der Waals surface area contributed by atoms with Crippen molar-refractivity contribution in [2.45, 2.75) is 45.2 Å². The van der Waals surface area contributed by atoms with Gasteiger partial charge in [-0.05, 0) is 30.9 Å². The summed E-state index contributed by atoms with van der Waals surface area (Å²) in [5, 5.41) is 9.71. The first kappa shape index (κ1) is 17.1. The highest BCUT2D eigenvalue weighted by molar-refractivity contribution is 5.94. The number of imide groups is 1. The molecule has 2 aromatic rings. The van der Waals surface area contributed by atoms with Gasteiger partial charge in [0.05, 0.1) is 11.7 Å². The summed E-state index contributed by atoms with van der Waals surface area (Å²) in [6.07, 6.45) is 5.49. The lowest BCUT2D eigenvalue weighted by Crippen LogP contribution is -2.48. The molecule has 132 valence electrons. The van der Waals surface area contributed by atoms with Crippen LogP contribution in [0, 0.1) is 5.92 Å². The monoisotopic (exact) mass is 342 g/mol. The van der Waals surface area contributed by atoms with Crippen molar-refractivity contribution in [3.8, 4) is 0 Å². The number of carbonyl (C=O) groups is 2. The number of rotatable bonds is 3. The molecule has 1 aliphatic rings. The Morgan fingerprint density at radius 3 is 2.80 bits per heavy atom. The van der Waals surface area contributed by atoms with Crippen LogP contribution in [-0.4, -0.2) is 27.8 Å². The minimum absolute atomic E-state index is 0.105. The van der Waals surface area contributed by atoms with Gasteiger partial charge in [-0.2, -0.15) is 5.10 Å². The zero-order valence-electron chi connectivity index (χ0n) is 14.2. The van der Waals surface area contributed by atoms with Crippen LogP contribution in [0.5, 0.6) is 0 Å². The normalized spacial score (nSPS) is 20.2. The Balaban J connectivity index is 1.64. The molecule has 1 saturated carbocycles. The maximum Gasteiger partial charge on any atom is 0.321 e. The SMILES string of the molecule is C[C@@H]1CCCC[C@@H]1NC(=O)NC(=O)Cn1ncc(=O)c2ccccc21. The van der Waals surface area contributed by atoms with Gasteiger partial charge in [0, 0.05) is 11.4 Å². The van der Waals surface area contributed by atoms with Crippen molar-refractivity contribution in [1.82, 2.24) is 20.4 Å². The number of urea groups is 1. The fraction of sp³-hybridized carbons (Fsp3) is 0.444. The van der Waals surface area contributed by atoms with E-state index < -0.39 is 11.9 Å². The first-order valence-electron chi connectivity index (χ1n) is 8.60. The minimum Gasteiger partial charge on any atom is -0.335 e. The van der Waals surface area contributed by atoms with E-state index in [4.69, 9.17) is 0 Å². The summed E-state index contributed by atoms with van der Waals surface area (Å²) in [5.74, 6) is -0.0542. The summed E-state index contributed by atoms with van der Waals surface area (Å²) < 4.78 is 1.42. The molecule has 0 radical (unpaired) electrons. The van der Waals surface area contributed by atoms with Gasteiger partial charge in [-0.15, -0.1) is 0 Å². The number of hydrogen-bond donors (Lipinski definition) is 2. The highest BCUT2D eigenvalue weighted by atomic mass is 16.2. The van der Waals surface area contributed by atoms with Crippen molar-refractivity contribution in [2.24, 2.45) is 5.92 Å². The molecule has 1 heterocycles. The van der Waals surface area contributed by atoms with Gasteiger partial charge in [-0.3, -0.25) is 19.6 Å². The first-order chi connectivity index (χ1) is 12.0. The summed E-state index contributed by atoms with van der Waals surface area (Å²) in [6, 6.07) is 6.57. The quantitative estimate of drug-likeness (QED) is 0.889. The molecular formula is C18H22N4O3. The van der Waals surface area contributed by atoms with Gasteiger partial charge >= 0.3 is 6.03 Å². The van der Waals surface area contributed by atoms with Crippen LogP contribution >= 0.6 is 0 Å². The molecular weight excluding hydrogens is 320 g/mol. The number of nitrogens with one attached hydrogen (secondary N) is 2. The average Bonchev–Trinajstić information content (AvgIpc) is 2.59. The maximum atomic E-state index is 12.2. The molecule has 1 aliphatic carbocycles. The molecule has 7 heteroatoms. The molecule has 0 spiro atoms. The summed E-state index contributed by atoms with van der Waals surface area (Å²) in [5.41, 5.74) is 0.364. The second-order valence-corrected chi connectivity index (χ2v) is 6.57. The van der Waals surface area contributed by atoms with E-state index in [9.17, 15) is 14.4 Å². The zero-order valence-corrected chi connectivity index (χ0v) is 14.2. The number of fused-ring (bicyclic) bond motifs is 1. The predicted octanol–water partition coefficient (Wildman–Crippen LogP) is 1.80. The van der Waals surface area contributed by atoms with Crippen molar-refractivity contribution < 1.29 is 9.59 Å². The van der Waals surface area contributed by atoms with E-state index in [0.717, 1.165) is 19.3 Å². The van der Waals surface area contributed by atoms with Crippen LogP contribution in [0.15, 0.2) is 35.3 Å². The Labute approximate surface area is 145 Å². The van der Waals surface area contributed by atoms with Crippen LogP contribution in [0.4, 0.5) is 4.79 Å². The molecule has 2 atom stereocenters. The first-order valence-corrected chi connectivity index (χ1v) is 8.60. The average molecular weight is 342 g/mol. The van der Waals surface area contributed by atoms with Crippen LogP contribution in [0.2, 0.25) is 0 Å². The summed E-state index contributed by atoms with van der Waals surface area (Å²) >= 11 is 0. The molecule has 7 nitrogen and oxygen atoms in total. The van der Waals surface area contributed by atoms with E-state index in [1.807, 2.05) is 0 Å². The van der Waals surface area contributed by atoms with Gasteiger partial charge in [0.25, 0.3) is 0 Å². The molecule has 0 bridgehead atoms. The predicted molar refractivity (Wildman–Crippen MR) is 94.1 cm³/mol. The van der Waals surface area contributed by atoms with Crippen LogP contribution in [0.1, 0.15) is 32.6 Å². The van der Waals surface area contributed by atoms with Gasteiger partial charge in [0.2, 0.25) is 11.3 Å². The Kier molecular flexibility index (Phi) is 5.11. The zero-order chi connectivity index (χ0) is 17.8. The third-order valence-corrected chi connectivity index (χ3v) is 4.74. The molecule has 1 aromatic carbocycles. The number of benzene rings is 1. The summed E-state index contributed by atoms with van der Waals surface area (Å²) in [6.45, 7) is 1.98. The third kappa shape index (κ3) is 4.04. The number of para-hydroxylation sites is 1. The van der Waals surface area contributed by atoms with Gasteiger partial charge in [0.15, 0.2) is 0 Å². The lowest BCUT2D eigenvalue weighted by molar-refractivity contribution is -0.120. The summed E-state index contributed by atoms with van der Waals surface area (Å²) in [7, 11) is 0. The van der Waals surface area contributed by atoms with Crippen LogP contribution in [-0.2, 0) is 11.3 Å². The number of carbonyl (C=O) groups excluding carboxylic acids is 2.